The Morgan fingerprint density at radius 1 is 1.00 bits per heavy atom. The number of rotatable bonds is 10. The Morgan fingerprint density at radius 2 is 1.64 bits per heavy atom. The van der Waals surface area contributed by atoms with Crippen LogP contribution in [0.15, 0.2) is 54.6 Å². The zero-order chi connectivity index (χ0) is 20.4. The Bertz CT molecular complexity index is 747. The van der Waals surface area contributed by atoms with Crippen LogP contribution in [0.25, 0.3) is 0 Å². The molecular weight excluding hydrogens is 354 g/mol. The average molecular weight is 383 g/mol. The molecular formula is C22H29N3O3. The van der Waals surface area contributed by atoms with Crippen molar-refractivity contribution >= 4 is 17.5 Å². The number of likely N-dealkylation sites (N-methyl/N-ethyl adjacent to an activating group) is 1. The van der Waals surface area contributed by atoms with Gasteiger partial charge in [0.15, 0.2) is 0 Å². The lowest BCUT2D eigenvalue weighted by molar-refractivity contribution is -0.123. The minimum Gasteiger partial charge on any atom is -0.497 e. The van der Waals surface area contributed by atoms with Crippen molar-refractivity contribution in [2.75, 3.05) is 32.6 Å². The minimum atomic E-state index is -0.173. The Kier molecular flexibility index (Phi) is 8.49. The van der Waals surface area contributed by atoms with Crippen LogP contribution in [0.2, 0.25) is 0 Å². The second kappa shape index (κ2) is 11.1. The lowest BCUT2D eigenvalue weighted by atomic mass is 10.0. The van der Waals surface area contributed by atoms with Gasteiger partial charge in [-0.25, -0.2) is 0 Å². The highest BCUT2D eigenvalue weighted by Gasteiger charge is 2.16. The molecule has 0 aliphatic heterocycles. The van der Waals surface area contributed by atoms with Crippen LogP contribution in [-0.4, -0.2) is 44.0 Å². The fraction of sp³-hybridized carbons (Fsp3) is 0.364. The van der Waals surface area contributed by atoms with E-state index in [2.05, 4.69) is 17.6 Å². The maximum absolute atomic E-state index is 12.4. The van der Waals surface area contributed by atoms with Crippen molar-refractivity contribution in [2.24, 2.45) is 0 Å². The second-order valence-corrected chi connectivity index (χ2v) is 6.77. The van der Waals surface area contributed by atoms with Crippen LogP contribution in [0.1, 0.15) is 31.4 Å². The molecule has 6 heteroatoms. The molecule has 2 rings (SSSR count). The number of ether oxygens (including phenoxy) is 1. The molecule has 0 aliphatic carbocycles. The highest BCUT2D eigenvalue weighted by atomic mass is 16.5. The Labute approximate surface area is 166 Å². The number of anilines is 1. The molecule has 0 spiro atoms. The van der Waals surface area contributed by atoms with E-state index < -0.39 is 0 Å². The summed E-state index contributed by atoms with van der Waals surface area (Å²) < 4.78 is 5.10. The maximum atomic E-state index is 12.4. The van der Waals surface area contributed by atoms with Crippen LogP contribution in [0.5, 0.6) is 5.75 Å². The zero-order valence-electron chi connectivity index (χ0n) is 16.8. The van der Waals surface area contributed by atoms with E-state index in [-0.39, 0.29) is 30.9 Å². The number of nitrogens with zero attached hydrogens (tertiary/aromatic N) is 1. The molecule has 150 valence electrons. The lowest BCUT2D eigenvalue weighted by Gasteiger charge is -2.21. The molecule has 6 nitrogen and oxygen atoms in total. The Hall–Kier alpha value is -2.86. The fourth-order valence-corrected chi connectivity index (χ4v) is 2.96. The van der Waals surface area contributed by atoms with Crippen LogP contribution in [-0.2, 0) is 9.59 Å². The van der Waals surface area contributed by atoms with E-state index in [1.54, 1.807) is 43.3 Å². The summed E-state index contributed by atoms with van der Waals surface area (Å²) in [5, 5.41) is 5.89. The summed E-state index contributed by atoms with van der Waals surface area (Å²) in [6, 6.07) is 17.0. The van der Waals surface area contributed by atoms with Crippen molar-refractivity contribution in [3.05, 3.63) is 60.2 Å². The number of hydrogen-bond acceptors (Lipinski definition) is 4. The molecule has 2 aromatic rings. The van der Waals surface area contributed by atoms with E-state index >= 15 is 0 Å². The summed E-state index contributed by atoms with van der Waals surface area (Å²) >= 11 is 0. The minimum absolute atomic E-state index is 0.0137. The van der Waals surface area contributed by atoms with Crippen LogP contribution in [0, 0.1) is 0 Å². The molecule has 0 fully saturated rings. The van der Waals surface area contributed by atoms with Crippen molar-refractivity contribution in [1.29, 1.82) is 0 Å². The predicted octanol–water partition coefficient (Wildman–Crippen LogP) is 3.22. The highest BCUT2D eigenvalue weighted by molar-refractivity contribution is 5.92. The quantitative estimate of drug-likeness (QED) is 0.661. The van der Waals surface area contributed by atoms with Gasteiger partial charge in [0.2, 0.25) is 11.8 Å². The van der Waals surface area contributed by atoms with Gasteiger partial charge in [-0.2, -0.15) is 0 Å². The summed E-state index contributed by atoms with van der Waals surface area (Å²) in [4.78, 5) is 26.3. The third-order valence-electron chi connectivity index (χ3n) is 4.32. The number of hydrogen-bond donors (Lipinski definition) is 2. The number of benzene rings is 2. The molecule has 2 aromatic carbocycles. The number of carbonyl (C=O) groups excluding carboxylic acids is 2. The van der Waals surface area contributed by atoms with Crippen molar-refractivity contribution in [3.63, 3.8) is 0 Å². The molecule has 0 unspecified atom stereocenters. The van der Waals surface area contributed by atoms with Crippen LogP contribution >= 0.6 is 0 Å². The molecule has 0 bridgehead atoms. The topological polar surface area (TPSA) is 70.7 Å². The van der Waals surface area contributed by atoms with Crippen molar-refractivity contribution in [1.82, 2.24) is 10.2 Å². The number of nitrogens with one attached hydrogen (secondary N) is 2. The van der Waals surface area contributed by atoms with E-state index in [9.17, 15) is 9.59 Å². The van der Waals surface area contributed by atoms with Gasteiger partial charge in [0.25, 0.3) is 0 Å². The van der Waals surface area contributed by atoms with Gasteiger partial charge >= 0.3 is 0 Å². The lowest BCUT2D eigenvalue weighted by Crippen LogP contribution is -2.40. The fourth-order valence-electron chi connectivity index (χ4n) is 2.96. The third kappa shape index (κ3) is 7.04. The van der Waals surface area contributed by atoms with Gasteiger partial charge in [-0.15, -0.1) is 0 Å². The molecule has 0 saturated heterocycles. The first-order valence-corrected chi connectivity index (χ1v) is 9.48. The average Bonchev–Trinajstić information content (AvgIpc) is 2.68. The van der Waals surface area contributed by atoms with E-state index in [0.29, 0.717) is 5.69 Å². The monoisotopic (exact) mass is 383 g/mol. The van der Waals surface area contributed by atoms with Crippen molar-refractivity contribution in [3.8, 4) is 5.75 Å². The van der Waals surface area contributed by atoms with Gasteiger partial charge in [0.05, 0.1) is 26.2 Å². The van der Waals surface area contributed by atoms with E-state index in [4.69, 9.17) is 4.74 Å². The standard InChI is InChI=1S/C22H29N3O3/c1-4-8-20(17-9-6-5-7-10-17)24-22(27)16-25(2)15-21(26)23-18-11-13-19(28-3)14-12-18/h5-7,9-14,20H,4,8,15-16H2,1-3H3,(H,23,26)(H,24,27)/t20-/m0/s1. The number of carbonyl (C=O) groups is 2. The van der Waals surface area contributed by atoms with Crippen LogP contribution < -0.4 is 15.4 Å². The molecule has 0 aromatic heterocycles. The second-order valence-electron chi connectivity index (χ2n) is 6.77. The van der Waals surface area contributed by atoms with E-state index in [1.165, 1.54) is 0 Å². The first kappa shape index (κ1) is 21.4. The van der Waals surface area contributed by atoms with E-state index in [0.717, 1.165) is 24.2 Å². The first-order valence-electron chi connectivity index (χ1n) is 9.48. The van der Waals surface area contributed by atoms with Gasteiger partial charge in [0, 0.05) is 5.69 Å². The molecule has 0 aliphatic rings. The summed E-state index contributed by atoms with van der Waals surface area (Å²) in [5.74, 6) is 0.461. The summed E-state index contributed by atoms with van der Waals surface area (Å²) in [6.07, 6.45) is 1.84. The zero-order valence-corrected chi connectivity index (χ0v) is 16.8. The van der Waals surface area contributed by atoms with E-state index in [1.807, 2.05) is 30.3 Å². The first-order chi connectivity index (χ1) is 13.5. The Balaban J connectivity index is 1.82. The molecule has 2 amide bonds. The van der Waals surface area contributed by atoms with Crippen molar-refractivity contribution < 1.29 is 14.3 Å². The largest absolute Gasteiger partial charge is 0.497 e. The maximum Gasteiger partial charge on any atom is 0.238 e. The van der Waals surface area contributed by atoms with Crippen LogP contribution in [0.4, 0.5) is 5.69 Å². The third-order valence-corrected chi connectivity index (χ3v) is 4.32. The predicted molar refractivity (Wildman–Crippen MR) is 111 cm³/mol. The SMILES string of the molecule is CCC[C@H](NC(=O)CN(C)CC(=O)Nc1ccc(OC)cc1)c1ccccc1. The highest BCUT2D eigenvalue weighted by Crippen LogP contribution is 2.18. The number of methoxy groups -OCH3 is 1. The van der Waals surface area contributed by atoms with Gasteiger partial charge in [-0.3, -0.25) is 14.5 Å². The summed E-state index contributed by atoms with van der Waals surface area (Å²) in [5.41, 5.74) is 1.79. The van der Waals surface area contributed by atoms with Gasteiger partial charge < -0.3 is 15.4 Å². The normalized spacial score (nSPS) is 11.7. The summed E-state index contributed by atoms with van der Waals surface area (Å²) in [6.45, 7) is 2.38. The molecule has 28 heavy (non-hydrogen) atoms. The molecule has 1 atom stereocenters. The van der Waals surface area contributed by atoms with Gasteiger partial charge in [0.1, 0.15) is 5.75 Å². The van der Waals surface area contributed by atoms with Gasteiger partial charge in [-0.1, -0.05) is 43.7 Å². The Morgan fingerprint density at radius 3 is 2.25 bits per heavy atom. The molecule has 0 heterocycles. The molecule has 0 saturated carbocycles. The smallest absolute Gasteiger partial charge is 0.238 e. The number of amides is 2. The molecule has 2 N–H and O–H groups in total. The van der Waals surface area contributed by atoms with Crippen LogP contribution in [0.3, 0.4) is 0 Å². The summed E-state index contributed by atoms with van der Waals surface area (Å²) in [7, 11) is 3.35. The van der Waals surface area contributed by atoms with Crippen molar-refractivity contribution in [2.45, 2.75) is 25.8 Å². The molecule has 0 radical (unpaired) electrons. The van der Waals surface area contributed by atoms with Gasteiger partial charge in [-0.05, 0) is 43.3 Å².